The Labute approximate surface area is 278 Å². The van der Waals surface area contributed by atoms with E-state index in [2.05, 4.69) is 55.9 Å². The molecule has 1 aliphatic carbocycles. The quantitative estimate of drug-likeness (QED) is 0.150. The number of hydrogen-bond donors (Lipinski definition) is 2. The van der Waals surface area contributed by atoms with Crippen molar-refractivity contribution in [1.82, 2.24) is 39.2 Å². The largest absolute Gasteiger partial charge is 0.451 e. The van der Waals surface area contributed by atoms with Crippen LogP contribution in [0.3, 0.4) is 0 Å². The van der Waals surface area contributed by atoms with E-state index in [1.165, 1.54) is 6.07 Å². The molecule has 0 atom stereocenters. The summed E-state index contributed by atoms with van der Waals surface area (Å²) in [5.41, 5.74) is 1.92. The first-order valence-electron chi connectivity index (χ1n) is 16.2. The lowest BCUT2D eigenvalue weighted by atomic mass is 9.69. The number of rotatable bonds is 12. The minimum absolute atomic E-state index is 0.0577. The molecule has 48 heavy (non-hydrogen) atoms. The predicted octanol–water partition coefficient (Wildman–Crippen LogP) is 5.26. The predicted molar refractivity (Wildman–Crippen MR) is 175 cm³/mol. The zero-order chi connectivity index (χ0) is 34.1. The van der Waals surface area contributed by atoms with E-state index in [0.717, 1.165) is 73.7 Å². The van der Waals surface area contributed by atoms with Crippen LogP contribution in [0, 0.1) is 11.3 Å². The third-order valence-electron chi connectivity index (χ3n) is 9.36. The van der Waals surface area contributed by atoms with Crippen LogP contribution in [-0.2, 0) is 29.8 Å². The zero-order valence-electron chi connectivity index (χ0n) is 27.4. The Bertz CT molecular complexity index is 1770. The number of nitriles is 1. The molecule has 1 saturated heterocycles. The van der Waals surface area contributed by atoms with Crippen molar-refractivity contribution < 1.29 is 23.0 Å². The smallest absolute Gasteiger partial charge is 0.390 e. The molecule has 0 radical (unpaired) electrons. The maximum absolute atomic E-state index is 13.2. The number of ether oxygens (including phenoxy) is 1. The number of nitrogens with one attached hydrogen (secondary N) is 1. The van der Waals surface area contributed by atoms with Crippen molar-refractivity contribution in [1.29, 1.82) is 5.26 Å². The molecule has 0 amide bonds. The molecule has 0 aromatic carbocycles. The molecule has 4 aromatic rings. The van der Waals surface area contributed by atoms with Crippen LogP contribution < -0.4 is 5.32 Å². The Balaban J connectivity index is 1.08. The lowest BCUT2D eigenvalue weighted by molar-refractivity contribution is -0.145. The minimum Gasteiger partial charge on any atom is -0.390 e. The van der Waals surface area contributed by atoms with Gasteiger partial charge in [-0.2, -0.15) is 23.5 Å². The highest BCUT2D eigenvalue weighted by molar-refractivity contribution is 6.76. The van der Waals surface area contributed by atoms with Crippen molar-refractivity contribution in [2.75, 3.05) is 25.0 Å². The molecule has 12 nitrogen and oxygen atoms in total. The van der Waals surface area contributed by atoms with E-state index in [-0.39, 0.29) is 23.6 Å². The molecule has 2 N–H and O–H groups in total. The van der Waals surface area contributed by atoms with Crippen molar-refractivity contribution in [3.63, 3.8) is 0 Å². The van der Waals surface area contributed by atoms with E-state index in [4.69, 9.17) is 9.84 Å². The molecule has 0 spiro atoms. The summed E-state index contributed by atoms with van der Waals surface area (Å²) in [5, 5.41) is 27.9. The van der Waals surface area contributed by atoms with Gasteiger partial charge in [0, 0.05) is 69.3 Å². The van der Waals surface area contributed by atoms with Crippen LogP contribution >= 0.6 is 0 Å². The molecule has 6 rings (SSSR count). The lowest BCUT2D eigenvalue weighted by Gasteiger charge is -2.52. The first kappa shape index (κ1) is 34.0. The first-order chi connectivity index (χ1) is 22.9. The fourth-order valence-electron chi connectivity index (χ4n) is 6.62. The van der Waals surface area contributed by atoms with Gasteiger partial charge in [0.2, 0.25) is 5.82 Å². The van der Waals surface area contributed by atoms with Gasteiger partial charge < -0.3 is 24.6 Å². The van der Waals surface area contributed by atoms with Crippen LogP contribution in [0.15, 0.2) is 37.1 Å². The van der Waals surface area contributed by atoms with Crippen LogP contribution in [0.5, 0.6) is 0 Å². The third-order valence-corrected chi connectivity index (χ3v) is 11.1. The Morgan fingerprint density at radius 1 is 1.17 bits per heavy atom. The summed E-state index contributed by atoms with van der Waals surface area (Å²) in [7, 11) is -1.18. The highest BCUT2D eigenvalue weighted by Crippen LogP contribution is 2.45. The molecular weight excluding hydrogens is 641 g/mol. The maximum Gasteiger partial charge on any atom is 0.451 e. The molecule has 0 unspecified atom stereocenters. The van der Waals surface area contributed by atoms with Crippen molar-refractivity contribution in [2.45, 2.75) is 94.9 Å². The van der Waals surface area contributed by atoms with Gasteiger partial charge in [0.1, 0.15) is 24.5 Å². The Hall–Kier alpha value is -3.91. The Morgan fingerprint density at radius 3 is 2.62 bits per heavy atom. The summed E-state index contributed by atoms with van der Waals surface area (Å²) < 4.78 is 49.6. The summed E-state index contributed by atoms with van der Waals surface area (Å²) in [6, 6.07) is 7.03. The number of nitrogens with zero attached hydrogens (tertiary/aromatic N) is 9. The second kappa shape index (κ2) is 13.5. The topological polar surface area (TPSA) is 143 Å². The second-order valence-electron chi connectivity index (χ2n) is 14.1. The lowest BCUT2D eigenvalue weighted by Crippen LogP contribution is -2.58. The standard InChI is InChI=1S/C32H41F3N10O2Si/c1-48(2,3)13-12-47-21-44-11-6-26-28(37-20-38-29(26)44)22-17-39-45(18-22)31(7-8-36)15-25(16-31)43-9-4-23(5-10-43)40-27-14-24(19-46)41-30(42-27)32(33,34)35/h6,11,14,17-18,20,23,25,46H,4-5,7,9-10,12-13,15-16,19,21H2,1-3H3,(H,40,41,42)/t25-,31+. The number of aliphatic hydroxyl groups is 1. The number of aliphatic hydroxyl groups excluding tert-OH is 1. The maximum atomic E-state index is 13.2. The second-order valence-corrected chi connectivity index (χ2v) is 19.7. The molecule has 0 bridgehead atoms. The van der Waals surface area contributed by atoms with Gasteiger partial charge in [0.25, 0.3) is 0 Å². The van der Waals surface area contributed by atoms with Crippen molar-refractivity contribution in [3.05, 3.63) is 48.6 Å². The van der Waals surface area contributed by atoms with E-state index >= 15 is 0 Å². The molecule has 256 valence electrons. The molecule has 4 aromatic heterocycles. The van der Waals surface area contributed by atoms with Crippen molar-refractivity contribution in [2.24, 2.45) is 0 Å². The number of anilines is 1. The van der Waals surface area contributed by atoms with Crippen molar-refractivity contribution in [3.8, 4) is 17.3 Å². The van der Waals surface area contributed by atoms with Crippen LogP contribution in [0.1, 0.15) is 43.6 Å². The summed E-state index contributed by atoms with van der Waals surface area (Å²) in [6.07, 6.45) is 5.91. The van der Waals surface area contributed by atoms with Crippen LogP contribution in [-0.4, -0.2) is 84.1 Å². The fourth-order valence-corrected chi connectivity index (χ4v) is 7.37. The van der Waals surface area contributed by atoms with Gasteiger partial charge in [-0.05, 0) is 37.8 Å². The van der Waals surface area contributed by atoms with Gasteiger partial charge in [0.15, 0.2) is 0 Å². The Kier molecular flexibility index (Phi) is 9.58. The normalized spacial score (nSPS) is 20.9. The number of piperidine rings is 1. The summed E-state index contributed by atoms with van der Waals surface area (Å²) in [5.74, 6) is -1.20. The van der Waals surface area contributed by atoms with E-state index in [9.17, 15) is 23.5 Å². The van der Waals surface area contributed by atoms with Gasteiger partial charge >= 0.3 is 6.18 Å². The molecular formula is C32H41F3N10O2Si. The zero-order valence-corrected chi connectivity index (χ0v) is 28.4. The number of likely N-dealkylation sites (tertiary alicyclic amines) is 1. The summed E-state index contributed by atoms with van der Waals surface area (Å²) in [6.45, 7) is 9.05. The molecule has 5 heterocycles. The average Bonchev–Trinajstić information content (AvgIpc) is 3.68. The van der Waals surface area contributed by atoms with Crippen LogP contribution in [0.4, 0.5) is 19.0 Å². The monoisotopic (exact) mass is 682 g/mol. The third kappa shape index (κ3) is 7.38. The van der Waals surface area contributed by atoms with Gasteiger partial charge in [-0.1, -0.05) is 19.6 Å². The molecule has 2 aliphatic rings. The number of alkyl halides is 3. The van der Waals surface area contributed by atoms with Gasteiger partial charge in [-0.3, -0.25) is 4.68 Å². The van der Waals surface area contributed by atoms with Crippen LogP contribution in [0.25, 0.3) is 22.3 Å². The van der Waals surface area contributed by atoms with E-state index in [1.807, 2.05) is 27.7 Å². The highest BCUT2D eigenvalue weighted by atomic mass is 28.3. The minimum atomic E-state index is -4.70. The fraction of sp³-hybridized carbons (Fsp3) is 0.562. The molecule has 2 fully saturated rings. The SMILES string of the molecule is C[Si](C)(C)CCOCn1ccc2c(-c3cnn([C@]4(CC#N)C[C@H](N5CCC(Nc6cc(CO)nc(C(F)(F)F)n6)CC5)C4)c3)ncnc21. The number of fused-ring (bicyclic) bond motifs is 1. The van der Waals surface area contributed by atoms with E-state index < -0.39 is 32.2 Å². The molecule has 1 saturated carbocycles. The summed E-state index contributed by atoms with van der Waals surface area (Å²) >= 11 is 0. The average molecular weight is 683 g/mol. The van der Waals surface area contributed by atoms with Gasteiger partial charge in [-0.25, -0.2) is 19.9 Å². The molecule has 1 aliphatic heterocycles. The first-order valence-corrected chi connectivity index (χ1v) is 19.9. The molecule has 16 heteroatoms. The van der Waals surface area contributed by atoms with Crippen LogP contribution in [0.2, 0.25) is 25.7 Å². The number of hydrogen-bond acceptors (Lipinski definition) is 10. The highest BCUT2D eigenvalue weighted by Gasteiger charge is 2.49. The van der Waals surface area contributed by atoms with Crippen molar-refractivity contribution >= 4 is 24.9 Å². The number of halogens is 3. The van der Waals surface area contributed by atoms with Gasteiger partial charge in [-0.15, -0.1) is 0 Å². The van der Waals surface area contributed by atoms with E-state index in [0.29, 0.717) is 13.2 Å². The summed E-state index contributed by atoms with van der Waals surface area (Å²) in [4.78, 5) is 18.5. The van der Waals surface area contributed by atoms with E-state index in [1.54, 1.807) is 12.5 Å². The Morgan fingerprint density at radius 2 is 1.94 bits per heavy atom. The number of aromatic nitrogens is 7. The van der Waals surface area contributed by atoms with Gasteiger partial charge in [0.05, 0.1) is 42.2 Å².